The SMILES string of the molecule is C=C[C@H]1CCC(=O)O[C@@H]1c1ccccc1. The van der Waals surface area contributed by atoms with E-state index in [9.17, 15) is 4.79 Å². The van der Waals surface area contributed by atoms with Crippen LogP contribution < -0.4 is 0 Å². The molecule has 1 aliphatic rings. The third-order valence-electron chi connectivity index (χ3n) is 2.76. The Morgan fingerprint density at radius 2 is 2.07 bits per heavy atom. The summed E-state index contributed by atoms with van der Waals surface area (Å²) in [4.78, 5) is 11.3. The van der Waals surface area contributed by atoms with Gasteiger partial charge in [0.05, 0.1) is 0 Å². The number of rotatable bonds is 2. The molecule has 0 radical (unpaired) electrons. The van der Waals surface area contributed by atoms with Crippen molar-refractivity contribution in [3.63, 3.8) is 0 Å². The van der Waals surface area contributed by atoms with Crippen LogP contribution >= 0.6 is 0 Å². The van der Waals surface area contributed by atoms with E-state index in [0.717, 1.165) is 12.0 Å². The predicted molar refractivity (Wildman–Crippen MR) is 58.2 cm³/mol. The van der Waals surface area contributed by atoms with Gasteiger partial charge in [0, 0.05) is 12.3 Å². The fraction of sp³-hybridized carbons (Fsp3) is 0.308. The van der Waals surface area contributed by atoms with Gasteiger partial charge in [-0.15, -0.1) is 6.58 Å². The first-order valence-electron chi connectivity index (χ1n) is 5.18. The monoisotopic (exact) mass is 202 g/mol. The zero-order chi connectivity index (χ0) is 10.7. The van der Waals surface area contributed by atoms with Crippen LogP contribution in [-0.4, -0.2) is 5.97 Å². The van der Waals surface area contributed by atoms with Gasteiger partial charge in [-0.3, -0.25) is 4.79 Å². The molecular weight excluding hydrogens is 188 g/mol. The Labute approximate surface area is 89.6 Å². The standard InChI is InChI=1S/C13H14O2/c1-2-10-8-9-12(14)15-13(10)11-6-4-3-5-7-11/h2-7,10,13H,1,8-9H2/t10-,13-/m0/s1. The number of hydrogen-bond acceptors (Lipinski definition) is 2. The average molecular weight is 202 g/mol. The van der Waals surface area contributed by atoms with Crippen LogP contribution in [0, 0.1) is 5.92 Å². The summed E-state index contributed by atoms with van der Waals surface area (Å²) in [7, 11) is 0. The first-order valence-corrected chi connectivity index (χ1v) is 5.18. The largest absolute Gasteiger partial charge is 0.457 e. The average Bonchev–Trinajstić information content (AvgIpc) is 2.30. The molecule has 1 aromatic carbocycles. The summed E-state index contributed by atoms with van der Waals surface area (Å²) < 4.78 is 5.37. The lowest BCUT2D eigenvalue weighted by atomic mass is 9.89. The normalized spacial score (nSPS) is 25.7. The maximum Gasteiger partial charge on any atom is 0.306 e. The second-order valence-corrected chi connectivity index (χ2v) is 3.76. The van der Waals surface area contributed by atoms with Crippen LogP contribution in [-0.2, 0) is 9.53 Å². The van der Waals surface area contributed by atoms with Crippen LogP contribution in [0.2, 0.25) is 0 Å². The van der Waals surface area contributed by atoms with Gasteiger partial charge in [-0.05, 0) is 12.0 Å². The number of hydrogen-bond donors (Lipinski definition) is 0. The van der Waals surface area contributed by atoms with Crippen LogP contribution in [0.4, 0.5) is 0 Å². The number of carbonyl (C=O) groups is 1. The third kappa shape index (κ3) is 2.09. The first kappa shape index (κ1) is 9.97. The van der Waals surface area contributed by atoms with E-state index in [1.807, 2.05) is 36.4 Å². The molecule has 0 spiro atoms. The fourth-order valence-electron chi connectivity index (χ4n) is 1.92. The zero-order valence-electron chi connectivity index (χ0n) is 8.56. The molecule has 1 fully saturated rings. The fourth-order valence-corrected chi connectivity index (χ4v) is 1.92. The Kier molecular flexibility index (Phi) is 2.86. The van der Waals surface area contributed by atoms with Gasteiger partial charge in [-0.25, -0.2) is 0 Å². The maximum atomic E-state index is 11.3. The summed E-state index contributed by atoms with van der Waals surface area (Å²) in [5.41, 5.74) is 1.05. The predicted octanol–water partition coefficient (Wildman–Crippen LogP) is 2.87. The van der Waals surface area contributed by atoms with E-state index in [2.05, 4.69) is 6.58 Å². The van der Waals surface area contributed by atoms with Gasteiger partial charge in [0.2, 0.25) is 0 Å². The third-order valence-corrected chi connectivity index (χ3v) is 2.76. The highest BCUT2D eigenvalue weighted by Gasteiger charge is 2.29. The Hall–Kier alpha value is -1.57. The van der Waals surface area contributed by atoms with Crippen molar-refractivity contribution < 1.29 is 9.53 Å². The van der Waals surface area contributed by atoms with Crippen molar-refractivity contribution in [2.24, 2.45) is 5.92 Å². The Morgan fingerprint density at radius 3 is 2.73 bits per heavy atom. The van der Waals surface area contributed by atoms with Crippen molar-refractivity contribution in [3.05, 3.63) is 48.6 Å². The van der Waals surface area contributed by atoms with Crippen LogP contribution in [0.5, 0.6) is 0 Å². The molecule has 1 heterocycles. The first-order chi connectivity index (χ1) is 7.31. The molecular formula is C13H14O2. The molecule has 0 saturated carbocycles. The van der Waals surface area contributed by atoms with Crippen molar-refractivity contribution in [2.75, 3.05) is 0 Å². The summed E-state index contributed by atoms with van der Waals surface area (Å²) >= 11 is 0. The van der Waals surface area contributed by atoms with Crippen LogP contribution in [0.25, 0.3) is 0 Å². The highest BCUT2D eigenvalue weighted by atomic mass is 16.5. The summed E-state index contributed by atoms with van der Waals surface area (Å²) in [5.74, 6) is 0.132. The molecule has 0 unspecified atom stereocenters. The van der Waals surface area contributed by atoms with Crippen molar-refractivity contribution in [1.82, 2.24) is 0 Å². The Morgan fingerprint density at radius 1 is 1.33 bits per heavy atom. The minimum atomic E-state index is -0.148. The molecule has 0 amide bonds. The number of carbonyl (C=O) groups excluding carboxylic acids is 1. The number of ether oxygens (including phenoxy) is 1. The number of esters is 1. The van der Waals surface area contributed by atoms with Gasteiger partial charge >= 0.3 is 5.97 Å². The molecule has 0 aromatic heterocycles. The summed E-state index contributed by atoms with van der Waals surface area (Å²) in [6.45, 7) is 3.79. The molecule has 1 aromatic rings. The Bertz CT molecular complexity index is 356. The molecule has 2 heteroatoms. The lowest BCUT2D eigenvalue weighted by molar-refractivity contribution is -0.157. The molecule has 78 valence electrons. The van der Waals surface area contributed by atoms with E-state index in [-0.39, 0.29) is 18.0 Å². The van der Waals surface area contributed by atoms with Gasteiger partial charge in [0.15, 0.2) is 0 Å². The van der Waals surface area contributed by atoms with Crippen LogP contribution in [0.1, 0.15) is 24.5 Å². The van der Waals surface area contributed by atoms with Crippen molar-refractivity contribution in [1.29, 1.82) is 0 Å². The molecule has 0 bridgehead atoms. The molecule has 2 rings (SSSR count). The topological polar surface area (TPSA) is 26.3 Å². The van der Waals surface area contributed by atoms with Gasteiger partial charge in [0.1, 0.15) is 6.10 Å². The van der Waals surface area contributed by atoms with Crippen molar-refractivity contribution >= 4 is 5.97 Å². The summed E-state index contributed by atoms with van der Waals surface area (Å²) in [6.07, 6.45) is 3.07. The van der Waals surface area contributed by atoms with E-state index in [0.29, 0.717) is 6.42 Å². The lowest BCUT2D eigenvalue weighted by Crippen LogP contribution is -2.24. The summed E-state index contributed by atoms with van der Waals surface area (Å²) in [5, 5.41) is 0. The van der Waals surface area contributed by atoms with E-state index < -0.39 is 0 Å². The number of cyclic esters (lactones) is 1. The smallest absolute Gasteiger partial charge is 0.306 e. The van der Waals surface area contributed by atoms with Gasteiger partial charge in [0.25, 0.3) is 0 Å². The molecule has 0 aliphatic carbocycles. The molecule has 2 atom stereocenters. The minimum Gasteiger partial charge on any atom is -0.457 e. The van der Waals surface area contributed by atoms with E-state index in [1.165, 1.54) is 0 Å². The summed E-state index contributed by atoms with van der Waals surface area (Å²) in [6, 6.07) is 9.84. The Balaban J connectivity index is 2.24. The highest BCUT2D eigenvalue weighted by molar-refractivity contribution is 5.70. The van der Waals surface area contributed by atoms with Gasteiger partial charge in [-0.2, -0.15) is 0 Å². The second-order valence-electron chi connectivity index (χ2n) is 3.76. The lowest BCUT2D eigenvalue weighted by Gasteiger charge is -2.29. The molecule has 1 aliphatic heterocycles. The van der Waals surface area contributed by atoms with E-state index >= 15 is 0 Å². The van der Waals surface area contributed by atoms with Crippen molar-refractivity contribution in [2.45, 2.75) is 18.9 Å². The van der Waals surface area contributed by atoms with E-state index in [4.69, 9.17) is 4.74 Å². The maximum absolute atomic E-state index is 11.3. The zero-order valence-corrected chi connectivity index (χ0v) is 8.56. The van der Waals surface area contributed by atoms with Gasteiger partial charge < -0.3 is 4.74 Å². The number of benzene rings is 1. The molecule has 1 saturated heterocycles. The molecule has 0 N–H and O–H groups in total. The van der Waals surface area contributed by atoms with Crippen molar-refractivity contribution in [3.8, 4) is 0 Å². The second kappa shape index (κ2) is 4.30. The quantitative estimate of drug-likeness (QED) is 0.544. The minimum absolute atomic E-state index is 0.109. The van der Waals surface area contributed by atoms with Crippen LogP contribution in [0.3, 0.4) is 0 Å². The van der Waals surface area contributed by atoms with Crippen LogP contribution in [0.15, 0.2) is 43.0 Å². The molecule has 15 heavy (non-hydrogen) atoms. The van der Waals surface area contributed by atoms with E-state index in [1.54, 1.807) is 0 Å². The van der Waals surface area contributed by atoms with Gasteiger partial charge in [-0.1, -0.05) is 36.4 Å². The molecule has 2 nitrogen and oxygen atoms in total. The highest BCUT2D eigenvalue weighted by Crippen LogP contribution is 2.34.